The largest absolute Gasteiger partial charge is 0.379 e. The maximum atomic E-state index is 5.34. The van der Waals surface area contributed by atoms with E-state index in [1.165, 1.54) is 64.6 Å². The van der Waals surface area contributed by atoms with Gasteiger partial charge in [0.25, 0.3) is 0 Å². The molecule has 0 aromatic rings. The van der Waals surface area contributed by atoms with Gasteiger partial charge in [-0.25, -0.2) is 0 Å². The van der Waals surface area contributed by atoms with E-state index in [4.69, 9.17) is 4.74 Å². The Labute approximate surface area is 113 Å². The predicted octanol–water partition coefficient (Wildman–Crippen LogP) is 2.66. The van der Waals surface area contributed by atoms with E-state index in [0.29, 0.717) is 0 Å². The number of hydrogen-bond donors (Lipinski definition) is 1. The Morgan fingerprint density at radius 1 is 0.889 bits per heavy atom. The van der Waals surface area contributed by atoms with Crippen molar-refractivity contribution >= 4 is 0 Å². The molecular weight excluding hydrogens is 224 g/mol. The Hall–Kier alpha value is -0.120. The molecule has 3 heteroatoms. The molecule has 3 nitrogen and oxygen atoms in total. The lowest BCUT2D eigenvalue weighted by molar-refractivity contribution is 0.0374. The molecule has 1 heterocycles. The summed E-state index contributed by atoms with van der Waals surface area (Å²) in [6, 6.07) is 0. The third-order valence-electron chi connectivity index (χ3n) is 3.64. The van der Waals surface area contributed by atoms with Gasteiger partial charge in [0.05, 0.1) is 13.2 Å². The van der Waals surface area contributed by atoms with E-state index in [0.717, 1.165) is 26.3 Å². The molecule has 0 atom stereocenters. The van der Waals surface area contributed by atoms with Crippen LogP contribution in [0.25, 0.3) is 0 Å². The molecule has 1 rings (SSSR count). The minimum Gasteiger partial charge on any atom is -0.379 e. The van der Waals surface area contributed by atoms with Crippen molar-refractivity contribution in [2.24, 2.45) is 0 Å². The number of unbranched alkanes of at least 4 members (excludes halogenated alkanes) is 5. The van der Waals surface area contributed by atoms with Crippen LogP contribution < -0.4 is 5.32 Å². The predicted molar refractivity (Wildman–Crippen MR) is 78.1 cm³/mol. The topological polar surface area (TPSA) is 24.5 Å². The highest BCUT2D eigenvalue weighted by molar-refractivity contribution is 4.62. The summed E-state index contributed by atoms with van der Waals surface area (Å²) in [5.74, 6) is 0. The molecule has 1 fully saturated rings. The fourth-order valence-electron chi connectivity index (χ4n) is 2.41. The van der Waals surface area contributed by atoms with E-state index in [1.807, 2.05) is 0 Å². The molecular formula is C15H32N2O. The lowest BCUT2D eigenvalue weighted by atomic mass is 10.1. The molecule has 1 saturated heterocycles. The van der Waals surface area contributed by atoms with Crippen LogP contribution in [0.1, 0.15) is 51.9 Å². The van der Waals surface area contributed by atoms with E-state index < -0.39 is 0 Å². The number of nitrogens with one attached hydrogen (secondary N) is 1. The monoisotopic (exact) mass is 256 g/mol. The SMILES string of the molecule is CCCCCCCCNCCCN1CCOCC1. The third-order valence-corrected chi connectivity index (χ3v) is 3.64. The highest BCUT2D eigenvalue weighted by atomic mass is 16.5. The summed E-state index contributed by atoms with van der Waals surface area (Å²) in [6.07, 6.45) is 9.62. The van der Waals surface area contributed by atoms with Gasteiger partial charge >= 0.3 is 0 Å². The van der Waals surface area contributed by atoms with Crippen molar-refractivity contribution in [2.45, 2.75) is 51.9 Å². The molecule has 1 N–H and O–H groups in total. The summed E-state index contributed by atoms with van der Waals surface area (Å²) in [5.41, 5.74) is 0. The smallest absolute Gasteiger partial charge is 0.0594 e. The van der Waals surface area contributed by atoms with Crippen LogP contribution in [0.4, 0.5) is 0 Å². The van der Waals surface area contributed by atoms with E-state index in [-0.39, 0.29) is 0 Å². The van der Waals surface area contributed by atoms with Gasteiger partial charge in [-0.15, -0.1) is 0 Å². The molecule has 0 aliphatic carbocycles. The van der Waals surface area contributed by atoms with Gasteiger partial charge in [0.2, 0.25) is 0 Å². The Balaban J connectivity index is 1.73. The Kier molecular flexibility index (Phi) is 10.6. The molecule has 0 unspecified atom stereocenters. The summed E-state index contributed by atoms with van der Waals surface area (Å²) < 4.78 is 5.34. The van der Waals surface area contributed by atoms with Gasteiger partial charge in [0.15, 0.2) is 0 Å². The minimum absolute atomic E-state index is 0.922. The highest BCUT2D eigenvalue weighted by Crippen LogP contribution is 2.04. The molecule has 18 heavy (non-hydrogen) atoms. The fraction of sp³-hybridized carbons (Fsp3) is 1.00. The molecule has 108 valence electrons. The van der Waals surface area contributed by atoms with Crippen molar-refractivity contribution in [1.29, 1.82) is 0 Å². The average molecular weight is 256 g/mol. The molecule has 0 spiro atoms. The number of nitrogens with zero attached hydrogens (tertiary/aromatic N) is 1. The van der Waals surface area contributed by atoms with Crippen molar-refractivity contribution in [3.8, 4) is 0 Å². The lowest BCUT2D eigenvalue weighted by Gasteiger charge is -2.26. The molecule has 0 radical (unpaired) electrons. The first kappa shape index (κ1) is 15.9. The van der Waals surface area contributed by atoms with Crippen LogP contribution in [0.2, 0.25) is 0 Å². The Morgan fingerprint density at radius 2 is 1.56 bits per heavy atom. The van der Waals surface area contributed by atoms with Gasteiger partial charge in [-0.3, -0.25) is 4.90 Å². The van der Waals surface area contributed by atoms with E-state index >= 15 is 0 Å². The lowest BCUT2D eigenvalue weighted by Crippen LogP contribution is -2.37. The molecule has 1 aliphatic rings. The van der Waals surface area contributed by atoms with Crippen molar-refractivity contribution < 1.29 is 4.74 Å². The number of morpholine rings is 1. The summed E-state index contributed by atoms with van der Waals surface area (Å²) in [4.78, 5) is 2.51. The molecule has 1 aliphatic heterocycles. The van der Waals surface area contributed by atoms with Gasteiger partial charge < -0.3 is 10.1 Å². The van der Waals surface area contributed by atoms with E-state index in [9.17, 15) is 0 Å². The summed E-state index contributed by atoms with van der Waals surface area (Å²) in [7, 11) is 0. The van der Waals surface area contributed by atoms with Crippen LogP contribution in [0.15, 0.2) is 0 Å². The fourth-order valence-corrected chi connectivity index (χ4v) is 2.41. The van der Waals surface area contributed by atoms with Crippen molar-refractivity contribution in [2.75, 3.05) is 45.9 Å². The Bertz CT molecular complexity index is 170. The van der Waals surface area contributed by atoms with Crippen molar-refractivity contribution in [3.63, 3.8) is 0 Å². The van der Waals surface area contributed by atoms with Crippen LogP contribution in [0.3, 0.4) is 0 Å². The van der Waals surface area contributed by atoms with Crippen LogP contribution in [0.5, 0.6) is 0 Å². The zero-order valence-electron chi connectivity index (χ0n) is 12.3. The average Bonchev–Trinajstić information content (AvgIpc) is 2.42. The van der Waals surface area contributed by atoms with Gasteiger partial charge in [0.1, 0.15) is 0 Å². The second kappa shape index (κ2) is 11.9. The zero-order chi connectivity index (χ0) is 12.9. The van der Waals surface area contributed by atoms with Crippen LogP contribution in [0, 0.1) is 0 Å². The van der Waals surface area contributed by atoms with Crippen LogP contribution in [-0.2, 0) is 4.74 Å². The maximum Gasteiger partial charge on any atom is 0.0594 e. The van der Waals surface area contributed by atoms with Gasteiger partial charge in [-0.05, 0) is 32.5 Å². The molecule has 0 amide bonds. The number of rotatable bonds is 11. The first-order valence-corrected chi connectivity index (χ1v) is 7.94. The normalized spacial score (nSPS) is 17.2. The standard InChI is InChI=1S/C15H32N2O/c1-2-3-4-5-6-7-9-16-10-8-11-17-12-14-18-15-13-17/h16H,2-15H2,1H3. The number of ether oxygens (including phenoxy) is 1. The summed E-state index contributed by atoms with van der Waals surface area (Å²) in [5, 5.41) is 3.56. The second-order valence-electron chi connectivity index (χ2n) is 5.33. The molecule has 0 aromatic heterocycles. The van der Waals surface area contributed by atoms with Crippen LogP contribution >= 0.6 is 0 Å². The summed E-state index contributed by atoms with van der Waals surface area (Å²) in [6.45, 7) is 9.97. The zero-order valence-corrected chi connectivity index (χ0v) is 12.3. The third kappa shape index (κ3) is 8.90. The minimum atomic E-state index is 0.922. The second-order valence-corrected chi connectivity index (χ2v) is 5.33. The quantitative estimate of drug-likeness (QED) is 0.575. The van der Waals surface area contributed by atoms with Crippen molar-refractivity contribution in [1.82, 2.24) is 10.2 Å². The number of hydrogen-bond acceptors (Lipinski definition) is 3. The molecule has 0 bridgehead atoms. The van der Waals surface area contributed by atoms with Gasteiger partial charge in [-0.2, -0.15) is 0 Å². The van der Waals surface area contributed by atoms with Gasteiger partial charge in [-0.1, -0.05) is 39.0 Å². The van der Waals surface area contributed by atoms with E-state index in [1.54, 1.807) is 0 Å². The highest BCUT2D eigenvalue weighted by Gasteiger charge is 2.08. The maximum absolute atomic E-state index is 5.34. The molecule has 0 aromatic carbocycles. The van der Waals surface area contributed by atoms with Crippen LogP contribution in [-0.4, -0.2) is 50.8 Å². The first-order valence-electron chi connectivity index (χ1n) is 7.94. The Morgan fingerprint density at radius 3 is 2.33 bits per heavy atom. The van der Waals surface area contributed by atoms with Gasteiger partial charge in [0, 0.05) is 13.1 Å². The summed E-state index contributed by atoms with van der Waals surface area (Å²) >= 11 is 0. The van der Waals surface area contributed by atoms with E-state index in [2.05, 4.69) is 17.1 Å². The molecule has 0 saturated carbocycles. The van der Waals surface area contributed by atoms with Crippen molar-refractivity contribution in [3.05, 3.63) is 0 Å². The first-order chi connectivity index (χ1) is 8.93.